The molecule has 1 fully saturated rings. The smallest absolute Gasteiger partial charge is 0.338 e. The van der Waals surface area contributed by atoms with Crippen molar-refractivity contribution in [3.05, 3.63) is 82.6 Å². The van der Waals surface area contributed by atoms with Gasteiger partial charge in [-0.1, -0.05) is 29.8 Å². The lowest BCUT2D eigenvalue weighted by Gasteiger charge is -2.26. The minimum atomic E-state index is -0.869. The first kappa shape index (κ1) is 21.1. The van der Waals surface area contributed by atoms with E-state index in [1.807, 2.05) is 0 Å². The first-order chi connectivity index (χ1) is 15.4. The molecular formula is C23H15ClN2O6. The van der Waals surface area contributed by atoms with Gasteiger partial charge >= 0.3 is 12.0 Å². The number of halogens is 1. The van der Waals surface area contributed by atoms with Crippen molar-refractivity contribution in [1.29, 1.82) is 0 Å². The predicted molar refractivity (Wildman–Crippen MR) is 116 cm³/mol. The summed E-state index contributed by atoms with van der Waals surface area (Å²) in [6, 6.07) is 15.0. The van der Waals surface area contributed by atoms with Crippen LogP contribution in [-0.2, 0) is 14.3 Å². The molecule has 0 unspecified atom stereocenters. The topological polar surface area (TPSA) is 106 Å². The highest BCUT2D eigenvalue weighted by atomic mass is 35.5. The number of hydrogen-bond donors (Lipinski definition) is 1. The van der Waals surface area contributed by atoms with Crippen LogP contribution < -0.4 is 10.2 Å². The molecule has 4 rings (SSSR count). The predicted octanol–water partition coefficient (Wildman–Crippen LogP) is 4.05. The zero-order valence-electron chi connectivity index (χ0n) is 16.6. The van der Waals surface area contributed by atoms with Gasteiger partial charge in [0.15, 0.2) is 0 Å². The lowest BCUT2D eigenvalue weighted by molar-refractivity contribution is -0.122. The van der Waals surface area contributed by atoms with E-state index in [0.717, 1.165) is 4.90 Å². The van der Waals surface area contributed by atoms with Crippen LogP contribution in [0.3, 0.4) is 0 Å². The van der Waals surface area contributed by atoms with Gasteiger partial charge in [-0.3, -0.25) is 14.9 Å². The first-order valence-corrected chi connectivity index (χ1v) is 9.71. The maximum Gasteiger partial charge on any atom is 0.338 e. The number of furan rings is 1. The number of barbiturate groups is 1. The van der Waals surface area contributed by atoms with Gasteiger partial charge in [-0.05, 0) is 48.5 Å². The number of rotatable bonds is 4. The number of nitrogens with one attached hydrogen (secondary N) is 1. The van der Waals surface area contributed by atoms with Gasteiger partial charge in [0.05, 0.1) is 18.4 Å². The highest BCUT2D eigenvalue weighted by molar-refractivity contribution is 6.39. The summed E-state index contributed by atoms with van der Waals surface area (Å²) in [5.74, 6) is -1.67. The molecule has 1 N–H and O–H groups in total. The Hall–Kier alpha value is -4.17. The zero-order valence-corrected chi connectivity index (χ0v) is 17.4. The van der Waals surface area contributed by atoms with Crippen LogP contribution in [0.5, 0.6) is 0 Å². The first-order valence-electron chi connectivity index (χ1n) is 9.33. The SMILES string of the molecule is COC(=O)c1ccccc1-c1ccc(/C=C2/C(=O)NC(=O)N(c3ccc(Cl)cc3)C2=O)o1. The monoisotopic (exact) mass is 450 g/mol. The summed E-state index contributed by atoms with van der Waals surface area (Å²) >= 11 is 5.86. The average molecular weight is 451 g/mol. The molecule has 0 saturated carbocycles. The van der Waals surface area contributed by atoms with Crippen LogP contribution in [-0.4, -0.2) is 30.9 Å². The van der Waals surface area contributed by atoms with Crippen molar-refractivity contribution in [2.45, 2.75) is 0 Å². The van der Waals surface area contributed by atoms with Gasteiger partial charge < -0.3 is 9.15 Å². The quantitative estimate of drug-likeness (QED) is 0.365. The maximum absolute atomic E-state index is 12.9. The van der Waals surface area contributed by atoms with Crippen LogP contribution in [0.2, 0.25) is 5.02 Å². The number of anilines is 1. The molecule has 1 saturated heterocycles. The van der Waals surface area contributed by atoms with Gasteiger partial charge in [0, 0.05) is 10.6 Å². The molecule has 160 valence electrons. The molecule has 4 amide bonds. The summed E-state index contributed by atoms with van der Waals surface area (Å²) in [6.07, 6.45) is 1.23. The van der Waals surface area contributed by atoms with Crippen molar-refractivity contribution < 1.29 is 28.3 Å². The Morgan fingerprint density at radius 3 is 2.47 bits per heavy atom. The van der Waals surface area contributed by atoms with E-state index < -0.39 is 23.8 Å². The van der Waals surface area contributed by atoms with Crippen LogP contribution in [0.1, 0.15) is 16.1 Å². The summed E-state index contributed by atoms with van der Waals surface area (Å²) in [4.78, 5) is 50.4. The second kappa shape index (κ2) is 8.52. The van der Waals surface area contributed by atoms with E-state index >= 15 is 0 Å². The molecule has 0 spiro atoms. The Kier molecular flexibility index (Phi) is 5.61. The molecule has 2 aromatic carbocycles. The third-order valence-corrected chi connectivity index (χ3v) is 4.95. The summed E-state index contributed by atoms with van der Waals surface area (Å²) in [7, 11) is 1.28. The molecule has 3 aromatic rings. The highest BCUT2D eigenvalue weighted by Gasteiger charge is 2.37. The number of benzene rings is 2. The van der Waals surface area contributed by atoms with Gasteiger partial charge in [-0.15, -0.1) is 0 Å². The number of imide groups is 2. The fraction of sp³-hybridized carbons (Fsp3) is 0.0435. The van der Waals surface area contributed by atoms with Crippen molar-refractivity contribution in [2.75, 3.05) is 12.0 Å². The van der Waals surface area contributed by atoms with Crippen LogP contribution in [0, 0.1) is 0 Å². The summed E-state index contributed by atoms with van der Waals surface area (Å²) in [5.41, 5.74) is 0.750. The standard InChI is InChI=1S/C23H15ClN2O6/c1-31-22(29)17-5-3-2-4-16(17)19-11-10-15(32-19)12-18-20(27)25-23(30)26(21(18)28)14-8-6-13(24)7-9-14/h2-12H,1H3,(H,25,27,30)/b18-12-. The second-order valence-corrected chi connectivity index (χ2v) is 7.11. The third kappa shape index (κ3) is 3.91. The lowest BCUT2D eigenvalue weighted by atomic mass is 10.1. The molecule has 0 aliphatic carbocycles. The van der Waals surface area contributed by atoms with Gasteiger partial charge in [0.1, 0.15) is 17.1 Å². The average Bonchev–Trinajstić information content (AvgIpc) is 3.26. The summed E-state index contributed by atoms with van der Waals surface area (Å²) in [6.45, 7) is 0. The Balaban J connectivity index is 1.69. The van der Waals surface area contributed by atoms with Gasteiger partial charge in [-0.25, -0.2) is 14.5 Å². The fourth-order valence-electron chi connectivity index (χ4n) is 3.19. The number of urea groups is 1. The summed E-state index contributed by atoms with van der Waals surface area (Å²) < 4.78 is 10.5. The molecule has 0 radical (unpaired) electrons. The number of carbonyl (C=O) groups excluding carboxylic acids is 4. The van der Waals surface area contributed by atoms with Crippen LogP contribution in [0.15, 0.2) is 70.7 Å². The number of ether oxygens (including phenoxy) is 1. The fourth-order valence-corrected chi connectivity index (χ4v) is 3.31. The molecule has 1 aliphatic heterocycles. The number of amides is 4. The Morgan fingerprint density at radius 2 is 1.75 bits per heavy atom. The Bertz CT molecular complexity index is 1280. The molecule has 32 heavy (non-hydrogen) atoms. The molecule has 0 bridgehead atoms. The van der Waals surface area contributed by atoms with Gasteiger partial charge in [-0.2, -0.15) is 0 Å². The van der Waals surface area contributed by atoms with Crippen molar-refractivity contribution in [1.82, 2.24) is 5.32 Å². The minimum absolute atomic E-state index is 0.184. The van der Waals surface area contributed by atoms with E-state index in [1.165, 1.54) is 37.5 Å². The number of esters is 1. The van der Waals surface area contributed by atoms with Crippen molar-refractivity contribution in [3.63, 3.8) is 0 Å². The van der Waals surface area contributed by atoms with Crippen molar-refractivity contribution in [2.24, 2.45) is 0 Å². The molecule has 0 atom stereocenters. The third-order valence-electron chi connectivity index (χ3n) is 4.70. The number of carbonyl (C=O) groups is 4. The van der Waals surface area contributed by atoms with Crippen LogP contribution in [0.4, 0.5) is 10.5 Å². The van der Waals surface area contributed by atoms with E-state index in [9.17, 15) is 19.2 Å². The van der Waals surface area contributed by atoms with Gasteiger partial charge in [0.2, 0.25) is 0 Å². The highest BCUT2D eigenvalue weighted by Crippen LogP contribution is 2.28. The second-order valence-electron chi connectivity index (χ2n) is 6.67. The van der Waals surface area contributed by atoms with E-state index in [-0.39, 0.29) is 17.0 Å². The van der Waals surface area contributed by atoms with Crippen LogP contribution >= 0.6 is 11.6 Å². The summed E-state index contributed by atoms with van der Waals surface area (Å²) in [5, 5.41) is 2.57. The number of hydrogen-bond acceptors (Lipinski definition) is 6. The van der Waals surface area contributed by atoms with Crippen molar-refractivity contribution >= 4 is 47.2 Å². The molecule has 1 aliphatic rings. The number of nitrogens with zero attached hydrogens (tertiary/aromatic N) is 1. The molecular weight excluding hydrogens is 436 g/mol. The van der Waals surface area contributed by atoms with Gasteiger partial charge in [0.25, 0.3) is 11.8 Å². The lowest BCUT2D eigenvalue weighted by Crippen LogP contribution is -2.54. The molecule has 2 heterocycles. The number of methoxy groups -OCH3 is 1. The van der Waals surface area contributed by atoms with Crippen LogP contribution in [0.25, 0.3) is 17.4 Å². The van der Waals surface area contributed by atoms with E-state index in [2.05, 4.69) is 5.32 Å². The Morgan fingerprint density at radius 1 is 1.03 bits per heavy atom. The zero-order chi connectivity index (χ0) is 22.8. The van der Waals surface area contributed by atoms with E-state index in [0.29, 0.717) is 21.9 Å². The molecule has 8 nitrogen and oxygen atoms in total. The van der Waals surface area contributed by atoms with E-state index in [1.54, 1.807) is 36.4 Å². The molecule has 1 aromatic heterocycles. The Labute approximate surface area is 187 Å². The minimum Gasteiger partial charge on any atom is -0.465 e. The van der Waals surface area contributed by atoms with E-state index in [4.69, 9.17) is 20.8 Å². The maximum atomic E-state index is 12.9. The normalized spacial score (nSPS) is 15.1. The molecule has 9 heteroatoms. The van der Waals surface area contributed by atoms with Crippen molar-refractivity contribution in [3.8, 4) is 11.3 Å². The largest absolute Gasteiger partial charge is 0.465 e.